The van der Waals surface area contributed by atoms with E-state index in [9.17, 15) is 5.26 Å². The number of anilines is 1. The lowest BCUT2D eigenvalue weighted by Gasteiger charge is -2.37. The average molecular weight is 241 g/mol. The summed E-state index contributed by atoms with van der Waals surface area (Å²) in [7, 11) is 2.13. The average Bonchev–Trinajstić information content (AvgIpc) is 2.76. The second-order valence-corrected chi connectivity index (χ2v) is 5.50. The van der Waals surface area contributed by atoms with Gasteiger partial charge in [-0.05, 0) is 37.8 Å². The van der Waals surface area contributed by atoms with Gasteiger partial charge in [-0.3, -0.25) is 0 Å². The first-order chi connectivity index (χ1) is 8.78. The molecule has 0 aromatic heterocycles. The Hall–Kier alpha value is -1.53. The van der Waals surface area contributed by atoms with Gasteiger partial charge in [-0.15, -0.1) is 0 Å². The topological polar surface area (TPSA) is 39.1 Å². The van der Waals surface area contributed by atoms with Crippen LogP contribution in [0.2, 0.25) is 0 Å². The molecule has 2 fully saturated rings. The summed E-state index contributed by atoms with van der Waals surface area (Å²) < 4.78 is 0. The zero-order valence-electron chi connectivity index (χ0n) is 10.8. The SMILES string of the molecule is CN(c1ccccc1C#N)C1CC2CCC(C1)N2. The van der Waals surface area contributed by atoms with Crippen molar-refractivity contribution >= 4 is 5.69 Å². The Labute approximate surface area is 108 Å². The normalized spacial score (nSPS) is 29.9. The van der Waals surface area contributed by atoms with Crippen molar-refractivity contribution in [1.29, 1.82) is 5.26 Å². The first-order valence-electron chi connectivity index (χ1n) is 6.76. The van der Waals surface area contributed by atoms with Crippen LogP contribution in [0, 0.1) is 11.3 Å². The fourth-order valence-corrected chi connectivity index (χ4v) is 3.42. The van der Waals surface area contributed by atoms with E-state index in [0.29, 0.717) is 18.1 Å². The van der Waals surface area contributed by atoms with Crippen LogP contribution in [0.1, 0.15) is 31.2 Å². The number of hydrogen-bond donors (Lipinski definition) is 1. The standard InChI is InChI=1S/C15H19N3/c1-18(15-5-3-2-4-11(15)10-16)14-8-12-6-7-13(9-14)17-12/h2-5,12-14,17H,6-9H2,1H3. The van der Waals surface area contributed by atoms with Crippen LogP contribution in [-0.4, -0.2) is 25.2 Å². The second-order valence-electron chi connectivity index (χ2n) is 5.50. The smallest absolute Gasteiger partial charge is 0.101 e. The molecule has 2 saturated heterocycles. The summed E-state index contributed by atoms with van der Waals surface area (Å²) in [6, 6.07) is 12.1. The maximum absolute atomic E-state index is 9.19. The number of nitrogens with zero attached hydrogens (tertiary/aromatic N) is 2. The third-order valence-corrected chi connectivity index (χ3v) is 4.40. The van der Waals surface area contributed by atoms with Gasteiger partial charge < -0.3 is 10.2 Å². The van der Waals surface area contributed by atoms with Gasteiger partial charge in [0.25, 0.3) is 0 Å². The quantitative estimate of drug-likeness (QED) is 0.863. The van der Waals surface area contributed by atoms with Crippen LogP contribution < -0.4 is 10.2 Å². The van der Waals surface area contributed by atoms with E-state index < -0.39 is 0 Å². The van der Waals surface area contributed by atoms with Crippen LogP contribution in [0.25, 0.3) is 0 Å². The van der Waals surface area contributed by atoms with Crippen molar-refractivity contribution < 1.29 is 0 Å². The zero-order chi connectivity index (χ0) is 12.5. The van der Waals surface area contributed by atoms with Crippen molar-refractivity contribution in [3.63, 3.8) is 0 Å². The number of hydrogen-bond acceptors (Lipinski definition) is 3. The van der Waals surface area contributed by atoms with Crippen molar-refractivity contribution in [2.24, 2.45) is 0 Å². The maximum Gasteiger partial charge on any atom is 0.101 e. The predicted molar refractivity (Wildman–Crippen MR) is 72.5 cm³/mol. The molecule has 94 valence electrons. The predicted octanol–water partition coefficient (Wildman–Crippen LogP) is 2.28. The molecule has 18 heavy (non-hydrogen) atoms. The Balaban J connectivity index is 1.82. The van der Waals surface area contributed by atoms with Gasteiger partial charge in [0.05, 0.1) is 11.3 Å². The van der Waals surface area contributed by atoms with Crippen molar-refractivity contribution in [2.45, 2.75) is 43.8 Å². The molecule has 2 aliphatic rings. The van der Waals surface area contributed by atoms with E-state index in [4.69, 9.17) is 0 Å². The van der Waals surface area contributed by atoms with Gasteiger partial charge in [-0.2, -0.15) is 5.26 Å². The highest BCUT2D eigenvalue weighted by molar-refractivity contribution is 5.59. The van der Waals surface area contributed by atoms with E-state index in [1.54, 1.807) is 0 Å². The van der Waals surface area contributed by atoms with Gasteiger partial charge in [-0.1, -0.05) is 12.1 Å². The zero-order valence-corrected chi connectivity index (χ0v) is 10.8. The van der Waals surface area contributed by atoms with Gasteiger partial charge >= 0.3 is 0 Å². The molecule has 0 radical (unpaired) electrons. The molecule has 2 unspecified atom stereocenters. The van der Waals surface area contributed by atoms with Crippen molar-refractivity contribution in [3.05, 3.63) is 29.8 Å². The molecule has 1 aromatic carbocycles. The van der Waals surface area contributed by atoms with Gasteiger partial charge in [0.2, 0.25) is 0 Å². The Morgan fingerprint density at radius 1 is 1.22 bits per heavy atom. The lowest BCUT2D eigenvalue weighted by Crippen LogP contribution is -2.47. The fraction of sp³-hybridized carbons (Fsp3) is 0.533. The summed E-state index contributed by atoms with van der Waals surface area (Å²) in [6.45, 7) is 0. The molecule has 1 N–H and O–H groups in total. The molecular weight excluding hydrogens is 222 g/mol. The van der Waals surface area contributed by atoms with Gasteiger partial charge in [0, 0.05) is 25.2 Å². The van der Waals surface area contributed by atoms with E-state index in [2.05, 4.69) is 29.4 Å². The Morgan fingerprint density at radius 2 is 1.89 bits per heavy atom. The lowest BCUT2D eigenvalue weighted by atomic mass is 9.97. The molecule has 2 atom stereocenters. The van der Waals surface area contributed by atoms with Crippen molar-refractivity contribution in [3.8, 4) is 6.07 Å². The third kappa shape index (κ3) is 1.97. The van der Waals surface area contributed by atoms with Crippen LogP contribution in [0.15, 0.2) is 24.3 Å². The molecule has 2 aliphatic heterocycles. The molecule has 0 saturated carbocycles. The van der Waals surface area contributed by atoms with Crippen LogP contribution in [0.3, 0.4) is 0 Å². The van der Waals surface area contributed by atoms with Gasteiger partial charge in [-0.25, -0.2) is 0 Å². The monoisotopic (exact) mass is 241 g/mol. The molecule has 2 bridgehead atoms. The fourth-order valence-electron chi connectivity index (χ4n) is 3.42. The first-order valence-corrected chi connectivity index (χ1v) is 6.76. The largest absolute Gasteiger partial charge is 0.370 e. The molecular formula is C15H19N3. The molecule has 2 heterocycles. The van der Waals surface area contributed by atoms with Crippen LogP contribution in [0.5, 0.6) is 0 Å². The highest BCUT2D eigenvalue weighted by Crippen LogP contribution is 2.32. The molecule has 1 aromatic rings. The summed E-state index contributed by atoms with van der Waals surface area (Å²) in [4.78, 5) is 2.31. The van der Waals surface area contributed by atoms with Crippen LogP contribution >= 0.6 is 0 Å². The maximum atomic E-state index is 9.19. The highest BCUT2D eigenvalue weighted by Gasteiger charge is 2.35. The van der Waals surface area contributed by atoms with Crippen LogP contribution in [0.4, 0.5) is 5.69 Å². The second kappa shape index (κ2) is 4.62. The summed E-state index contributed by atoms with van der Waals surface area (Å²) in [5, 5.41) is 12.9. The minimum Gasteiger partial charge on any atom is -0.370 e. The van der Waals surface area contributed by atoms with E-state index >= 15 is 0 Å². The third-order valence-electron chi connectivity index (χ3n) is 4.40. The Morgan fingerprint density at radius 3 is 2.56 bits per heavy atom. The summed E-state index contributed by atoms with van der Waals surface area (Å²) in [5.74, 6) is 0. The summed E-state index contributed by atoms with van der Waals surface area (Å²) >= 11 is 0. The van der Waals surface area contributed by atoms with Crippen LogP contribution in [-0.2, 0) is 0 Å². The van der Waals surface area contributed by atoms with Gasteiger partial charge in [0.1, 0.15) is 6.07 Å². The van der Waals surface area contributed by atoms with E-state index in [0.717, 1.165) is 11.3 Å². The Kier molecular flexibility index (Phi) is 2.97. The number of fused-ring (bicyclic) bond motifs is 2. The van der Waals surface area contributed by atoms with E-state index in [1.165, 1.54) is 25.7 Å². The molecule has 0 spiro atoms. The van der Waals surface area contributed by atoms with Crippen molar-refractivity contribution in [2.75, 3.05) is 11.9 Å². The Bertz CT molecular complexity index is 465. The highest BCUT2D eigenvalue weighted by atomic mass is 15.2. The summed E-state index contributed by atoms with van der Waals surface area (Å²) in [6.07, 6.45) is 5.03. The summed E-state index contributed by atoms with van der Waals surface area (Å²) in [5.41, 5.74) is 1.86. The van der Waals surface area contributed by atoms with Crippen molar-refractivity contribution in [1.82, 2.24) is 5.32 Å². The molecule has 0 amide bonds. The van der Waals surface area contributed by atoms with E-state index in [1.807, 2.05) is 18.2 Å². The van der Waals surface area contributed by atoms with E-state index in [-0.39, 0.29) is 0 Å². The van der Waals surface area contributed by atoms with Gasteiger partial charge in [0.15, 0.2) is 0 Å². The minimum absolute atomic E-state index is 0.568. The molecule has 3 nitrogen and oxygen atoms in total. The number of piperidine rings is 1. The number of nitriles is 1. The number of rotatable bonds is 2. The number of benzene rings is 1. The number of para-hydroxylation sites is 1. The molecule has 3 heteroatoms. The molecule has 0 aliphatic carbocycles. The first kappa shape index (κ1) is 11.6. The molecule has 3 rings (SSSR count). The minimum atomic E-state index is 0.568. The number of nitrogens with one attached hydrogen (secondary N) is 1. The lowest BCUT2D eigenvalue weighted by molar-refractivity contribution is 0.354.